The predicted molar refractivity (Wildman–Crippen MR) is 123 cm³/mol. The molecule has 0 spiro atoms. The molecule has 3 aromatic rings. The number of benzene rings is 1. The Balaban J connectivity index is 1.77. The van der Waals surface area contributed by atoms with E-state index in [1.54, 1.807) is 23.1 Å². The zero-order valence-electron chi connectivity index (χ0n) is 19.7. The van der Waals surface area contributed by atoms with Crippen LogP contribution in [0.4, 0.5) is 0 Å². The van der Waals surface area contributed by atoms with Gasteiger partial charge in [-0.3, -0.25) is 4.90 Å². The minimum absolute atomic E-state index is 0.297. The molecule has 1 aliphatic heterocycles. The molecular weight excluding hydrogens is 444 g/mol. The summed E-state index contributed by atoms with van der Waals surface area (Å²) in [6, 6.07) is 6.96. The van der Waals surface area contributed by atoms with Crippen molar-refractivity contribution < 1.29 is 9.47 Å². The molecule has 1 aromatic carbocycles. The molecule has 3 heterocycles. The van der Waals surface area contributed by atoms with Crippen LogP contribution in [0.3, 0.4) is 0 Å². The fourth-order valence-corrected chi connectivity index (χ4v) is 4.35. The Kier molecular flexibility index (Phi) is 6.69. The predicted octanol–water partition coefficient (Wildman–Crippen LogP) is 3.35. The van der Waals surface area contributed by atoms with Gasteiger partial charge in [-0.25, -0.2) is 14.3 Å². The van der Waals surface area contributed by atoms with Crippen LogP contribution in [-0.2, 0) is 10.3 Å². The highest BCUT2D eigenvalue weighted by Gasteiger charge is 2.44. The van der Waals surface area contributed by atoms with Gasteiger partial charge in [0.15, 0.2) is 5.82 Å². The van der Waals surface area contributed by atoms with Crippen LogP contribution in [-0.4, -0.2) is 66.2 Å². The first-order valence-corrected chi connectivity index (χ1v) is 11.4. The molecule has 0 aliphatic carbocycles. The molecule has 1 saturated heterocycles. The second kappa shape index (κ2) is 9.36. The van der Waals surface area contributed by atoms with Crippen molar-refractivity contribution in [2.45, 2.75) is 52.4 Å². The fraction of sp³-hybridized carbons (Fsp3) is 0.591. The van der Waals surface area contributed by atoms with Crippen LogP contribution in [0.25, 0.3) is 0 Å². The van der Waals surface area contributed by atoms with Gasteiger partial charge in [-0.05, 0) is 54.0 Å². The van der Waals surface area contributed by atoms with Crippen LogP contribution in [0.5, 0.6) is 5.75 Å². The summed E-state index contributed by atoms with van der Waals surface area (Å²) in [7, 11) is 0. The molecule has 11 heteroatoms. The van der Waals surface area contributed by atoms with Gasteiger partial charge in [0.2, 0.25) is 6.23 Å². The highest BCUT2D eigenvalue weighted by atomic mass is 35.5. The number of nitrogens with zero attached hydrogens (tertiary/aromatic N) is 8. The average molecular weight is 475 g/mol. The summed E-state index contributed by atoms with van der Waals surface area (Å²) in [5.74, 6) is 1.42. The number of aromatic nitrogens is 7. The number of hydrogen-bond donors (Lipinski definition) is 0. The Morgan fingerprint density at radius 1 is 1.06 bits per heavy atom. The van der Waals surface area contributed by atoms with Crippen molar-refractivity contribution in [3.63, 3.8) is 0 Å². The fourth-order valence-electron chi connectivity index (χ4n) is 4.23. The van der Waals surface area contributed by atoms with Gasteiger partial charge in [0, 0.05) is 18.1 Å². The van der Waals surface area contributed by atoms with Crippen LogP contribution in [0.15, 0.2) is 36.9 Å². The summed E-state index contributed by atoms with van der Waals surface area (Å²) in [6.45, 7) is 13.7. The first-order chi connectivity index (χ1) is 15.7. The lowest BCUT2D eigenvalue weighted by Gasteiger charge is -2.42. The third-order valence-corrected chi connectivity index (χ3v) is 6.28. The summed E-state index contributed by atoms with van der Waals surface area (Å²) in [5, 5.41) is 18.1. The molecule has 2 aromatic heterocycles. The van der Waals surface area contributed by atoms with Gasteiger partial charge < -0.3 is 9.47 Å². The zero-order chi connectivity index (χ0) is 23.6. The number of halogens is 1. The normalized spacial score (nSPS) is 17.6. The molecule has 0 radical (unpaired) electrons. The van der Waals surface area contributed by atoms with Gasteiger partial charge in [0.25, 0.3) is 0 Å². The first-order valence-electron chi connectivity index (χ1n) is 11.1. The van der Waals surface area contributed by atoms with E-state index in [-0.39, 0.29) is 11.5 Å². The Hall–Kier alpha value is -2.56. The lowest BCUT2D eigenvalue weighted by atomic mass is 9.85. The number of morpholine rings is 1. The summed E-state index contributed by atoms with van der Waals surface area (Å²) in [4.78, 5) is 6.51. The van der Waals surface area contributed by atoms with Crippen LogP contribution in [0, 0.1) is 5.41 Å². The molecule has 0 bridgehead atoms. The van der Waals surface area contributed by atoms with E-state index in [2.05, 4.69) is 65.1 Å². The van der Waals surface area contributed by atoms with Crippen molar-refractivity contribution in [3.05, 3.63) is 47.8 Å². The highest BCUT2D eigenvalue weighted by molar-refractivity contribution is 6.30. The molecule has 0 N–H and O–H groups in total. The molecule has 0 saturated carbocycles. The second-order valence-corrected chi connectivity index (χ2v) is 10.2. The van der Waals surface area contributed by atoms with Gasteiger partial charge in [-0.1, -0.05) is 32.4 Å². The standard InChI is InChI=1S/C22H31ClN8O2/c1-21(2,3)18(19(30-15-24-14-25-30)33-17-8-6-16(23)7-9-17)31-20(26-27-28-31)22(4,5)29-10-12-32-13-11-29/h6-9,14-15,18-19H,10-13H2,1-5H3/t18-,19+/m0/s1. The van der Waals surface area contributed by atoms with E-state index in [1.807, 2.05) is 16.8 Å². The average Bonchev–Trinajstić information content (AvgIpc) is 3.47. The molecule has 0 unspecified atom stereocenters. The third-order valence-electron chi connectivity index (χ3n) is 6.03. The summed E-state index contributed by atoms with van der Waals surface area (Å²) in [6.07, 6.45) is 2.59. The van der Waals surface area contributed by atoms with E-state index in [0.717, 1.165) is 18.9 Å². The summed E-state index contributed by atoms with van der Waals surface area (Å²) < 4.78 is 15.6. The van der Waals surface area contributed by atoms with E-state index in [0.29, 0.717) is 24.0 Å². The van der Waals surface area contributed by atoms with Gasteiger partial charge >= 0.3 is 0 Å². The Bertz CT molecular complexity index is 1020. The summed E-state index contributed by atoms with van der Waals surface area (Å²) >= 11 is 6.08. The van der Waals surface area contributed by atoms with Crippen LogP contribution in [0.1, 0.15) is 52.7 Å². The molecule has 2 atom stereocenters. The van der Waals surface area contributed by atoms with Gasteiger partial charge in [0.05, 0.1) is 18.8 Å². The molecule has 178 valence electrons. The SMILES string of the molecule is CC(C)(C)[C@H]([C@@H](Oc1ccc(Cl)cc1)n1cncn1)n1nnnc1C(C)(C)N1CCOCC1. The van der Waals surface area contributed by atoms with Gasteiger partial charge in [0.1, 0.15) is 24.4 Å². The van der Waals surface area contributed by atoms with E-state index in [1.165, 1.54) is 6.33 Å². The number of ether oxygens (including phenoxy) is 2. The van der Waals surface area contributed by atoms with E-state index < -0.39 is 11.8 Å². The molecular formula is C22H31ClN8O2. The van der Waals surface area contributed by atoms with E-state index in [4.69, 9.17) is 21.1 Å². The largest absolute Gasteiger partial charge is 0.466 e. The minimum atomic E-state index is -0.559. The highest BCUT2D eigenvalue weighted by Crippen LogP contribution is 2.42. The Morgan fingerprint density at radius 3 is 2.36 bits per heavy atom. The van der Waals surface area contributed by atoms with E-state index in [9.17, 15) is 0 Å². The first kappa shape index (κ1) is 23.6. The van der Waals surface area contributed by atoms with Crippen molar-refractivity contribution in [1.29, 1.82) is 0 Å². The molecule has 1 aliphatic rings. The molecule has 1 fully saturated rings. The van der Waals surface area contributed by atoms with Crippen molar-refractivity contribution in [2.24, 2.45) is 5.41 Å². The van der Waals surface area contributed by atoms with E-state index >= 15 is 0 Å². The van der Waals surface area contributed by atoms with Crippen LogP contribution in [0.2, 0.25) is 5.02 Å². The lowest BCUT2D eigenvalue weighted by molar-refractivity contribution is -0.0282. The zero-order valence-corrected chi connectivity index (χ0v) is 20.5. The molecule has 10 nitrogen and oxygen atoms in total. The number of rotatable bonds is 7. The third kappa shape index (κ3) is 5.02. The maximum atomic E-state index is 6.49. The molecule has 4 rings (SSSR count). The lowest BCUT2D eigenvalue weighted by Crippen LogP contribution is -2.50. The quantitative estimate of drug-likeness (QED) is 0.514. The maximum absolute atomic E-state index is 6.49. The molecule has 0 amide bonds. The van der Waals surface area contributed by atoms with Crippen molar-refractivity contribution in [1.82, 2.24) is 39.9 Å². The Morgan fingerprint density at radius 2 is 1.76 bits per heavy atom. The van der Waals surface area contributed by atoms with Crippen molar-refractivity contribution in [2.75, 3.05) is 26.3 Å². The van der Waals surface area contributed by atoms with Crippen LogP contribution >= 0.6 is 11.6 Å². The monoisotopic (exact) mass is 474 g/mol. The van der Waals surface area contributed by atoms with Crippen molar-refractivity contribution >= 4 is 11.6 Å². The smallest absolute Gasteiger partial charge is 0.215 e. The van der Waals surface area contributed by atoms with Gasteiger partial charge in [-0.15, -0.1) is 5.10 Å². The van der Waals surface area contributed by atoms with Crippen molar-refractivity contribution in [3.8, 4) is 5.75 Å². The minimum Gasteiger partial charge on any atom is -0.466 e. The topological polar surface area (TPSA) is 96.0 Å². The number of tetrazole rings is 1. The number of hydrogen-bond acceptors (Lipinski definition) is 8. The summed E-state index contributed by atoms with van der Waals surface area (Å²) in [5.41, 5.74) is -0.710. The maximum Gasteiger partial charge on any atom is 0.215 e. The Labute approximate surface area is 198 Å². The van der Waals surface area contributed by atoms with Gasteiger partial charge in [-0.2, -0.15) is 5.10 Å². The molecule has 33 heavy (non-hydrogen) atoms. The van der Waals surface area contributed by atoms with Crippen LogP contribution < -0.4 is 4.74 Å². The second-order valence-electron chi connectivity index (χ2n) is 9.75.